The van der Waals surface area contributed by atoms with Crippen molar-refractivity contribution in [3.8, 4) is 0 Å². The van der Waals surface area contributed by atoms with E-state index in [9.17, 15) is 4.79 Å². The Morgan fingerprint density at radius 3 is 2.37 bits per heavy atom. The van der Waals surface area contributed by atoms with Crippen LogP contribution < -0.4 is 5.48 Å². The lowest BCUT2D eigenvalue weighted by Gasteiger charge is -2.22. The molecule has 1 rings (SSSR count). The number of hydrogen-bond donors (Lipinski definition) is 1. The first kappa shape index (κ1) is 15.7. The van der Waals surface area contributed by atoms with Crippen LogP contribution in [0.1, 0.15) is 45.6 Å². The molecule has 2 unspecified atom stereocenters. The minimum atomic E-state index is -0.154. The summed E-state index contributed by atoms with van der Waals surface area (Å²) in [5.74, 6) is 0.476. The van der Waals surface area contributed by atoms with E-state index in [0.717, 1.165) is 12.0 Å². The Labute approximate surface area is 116 Å². The van der Waals surface area contributed by atoms with Crippen LogP contribution >= 0.6 is 0 Å². The van der Waals surface area contributed by atoms with Gasteiger partial charge in [-0.2, -0.15) is 0 Å². The molecule has 0 saturated heterocycles. The number of carbonyl (C=O) groups is 1. The minimum absolute atomic E-state index is 0.0544. The topological polar surface area (TPSA) is 38.3 Å². The molecule has 1 N–H and O–H groups in total. The zero-order chi connectivity index (χ0) is 14.3. The van der Waals surface area contributed by atoms with Gasteiger partial charge in [-0.1, -0.05) is 64.4 Å². The Morgan fingerprint density at radius 1 is 1.21 bits per heavy atom. The Hall–Kier alpha value is -1.35. The van der Waals surface area contributed by atoms with Gasteiger partial charge in [0.15, 0.2) is 0 Å². The Balaban J connectivity index is 2.72. The average Bonchev–Trinajstić information content (AvgIpc) is 2.39. The number of benzene rings is 1. The Kier molecular flexibility index (Phi) is 6.57. The normalized spacial score (nSPS) is 14.2. The average molecular weight is 263 g/mol. The highest BCUT2D eigenvalue weighted by Crippen LogP contribution is 2.27. The van der Waals surface area contributed by atoms with Crippen molar-refractivity contribution in [2.75, 3.05) is 6.61 Å². The van der Waals surface area contributed by atoms with E-state index in [1.54, 1.807) is 0 Å². The molecule has 2 atom stereocenters. The van der Waals surface area contributed by atoms with E-state index in [1.165, 1.54) is 0 Å². The molecule has 0 saturated carbocycles. The Bertz CT molecular complexity index is 376. The molecule has 0 bridgehead atoms. The third-order valence-electron chi connectivity index (χ3n) is 3.24. The van der Waals surface area contributed by atoms with Crippen LogP contribution in [0, 0.1) is 11.8 Å². The molecule has 0 aliphatic rings. The first-order chi connectivity index (χ1) is 9.06. The monoisotopic (exact) mass is 263 g/mol. The standard InChI is InChI=1S/C16H25NO2/c1-5-13(4)15(14-9-7-6-8-10-14)16(18)17-19-11-12(2)3/h6-10,12-13,15H,5,11H2,1-4H3,(H,17,18). The molecular weight excluding hydrogens is 238 g/mol. The van der Waals surface area contributed by atoms with Gasteiger partial charge >= 0.3 is 0 Å². The maximum absolute atomic E-state index is 12.3. The highest BCUT2D eigenvalue weighted by molar-refractivity contribution is 5.83. The van der Waals surface area contributed by atoms with Crippen LogP contribution in [-0.2, 0) is 9.63 Å². The van der Waals surface area contributed by atoms with Crippen molar-refractivity contribution in [3.05, 3.63) is 35.9 Å². The van der Waals surface area contributed by atoms with E-state index in [-0.39, 0.29) is 17.7 Å². The lowest BCUT2D eigenvalue weighted by Crippen LogP contribution is -2.33. The quantitative estimate of drug-likeness (QED) is 0.764. The second kappa shape index (κ2) is 7.95. The number of nitrogens with one attached hydrogen (secondary N) is 1. The third kappa shape index (κ3) is 5.03. The van der Waals surface area contributed by atoms with E-state index in [0.29, 0.717) is 12.5 Å². The highest BCUT2D eigenvalue weighted by Gasteiger charge is 2.25. The van der Waals surface area contributed by atoms with E-state index in [4.69, 9.17) is 4.84 Å². The van der Waals surface area contributed by atoms with Gasteiger partial charge in [0.25, 0.3) is 5.91 Å². The fourth-order valence-corrected chi connectivity index (χ4v) is 1.98. The fourth-order valence-electron chi connectivity index (χ4n) is 1.98. The summed E-state index contributed by atoms with van der Waals surface area (Å²) in [6.07, 6.45) is 0.956. The number of amides is 1. The summed E-state index contributed by atoms with van der Waals surface area (Å²) >= 11 is 0. The first-order valence-corrected chi connectivity index (χ1v) is 7.02. The van der Waals surface area contributed by atoms with Gasteiger partial charge in [-0.15, -0.1) is 0 Å². The maximum Gasteiger partial charge on any atom is 0.251 e. The van der Waals surface area contributed by atoms with Crippen LogP contribution in [0.5, 0.6) is 0 Å². The Morgan fingerprint density at radius 2 is 1.84 bits per heavy atom. The lowest BCUT2D eigenvalue weighted by atomic mass is 9.85. The molecule has 1 amide bonds. The molecule has 1 aromatic rings. The van der Waals surface area contributed by atoms with Crippen molar-refractivity contribution in [2.24, 2.45) is 11.8 Å². The number of carbonyl (C=O) groups excluding carboxylic acids is 1. The molecule has 3 heteroatoms. The molecule has 0 aliphatic heterocycles. The van der Waals surface area contributed by atoms with Crippen LogP contribution in [-0.4, -0.2) is 12.5 Å². The largest absolute Gasteiger partial charge is 0.273 e. The number of rotatable bonds is 7. The predicted octanol–water partition coefficient (Wildman–Crippen LogP) is 3.52. The van der Waals surface area contributed by atoms with E-state index < -0.39 is 0 Å². The fraction of sp³-hybridized carbons (Fsp3) is 0.562. The van der Waals surface area contributed by atoms with E-state index in [2.05, 4.69) is 33.2 Å². The molecule has 0 aliphatic carbocycles. The van der Waals surface area contributed by atoms with Gasteiger partial charge in [0.1, 0.15) is 0 Å². The third-order valence-corrected chi connectivity index (χ3v) is 3.24. The zero-order valence-electron chi connectivity index (χ0n) is 12.3. The summed E-state index contributed by atoms with van der Waals surface area (Å²) in [7, 11) is 0. The molecule has 0 heterocycles. The van der Waals surface area contributed by atoms with Gasteiger partial charge in [-0.3, -0.25) is 9.63 Å². The first-order valence-electron chi connectivity index (χ1n) is 7.02. The maximum atomic E-state index is 12.3. The van der Waals surface area contributed by atoms with Gasteiger partial charge in [0, 0.05) is 0 Å². The van der Waals surface area contributed by atoms with Crippen LogP contribution in [0.4, 0.5) is 0 Å². The summed E-state index contributed by atoms with van der Waals surface area (Å²) < 4.78 is 0. The SMILES string of the molecule is CCC(C)C(C(=O)NOCC(C)C)c1ccccc1. The molecule has 19 heavy (non-hydrogen) atoms. The van der Waals surface area contributed by atoms with Crippen molar-refractivity contribution in [1.82, 2.24) is 5.48 Å². The number of hydroxylamine groups is 1. The molecule has 0 aromatic heterocycles. The molecule has 0 fully saturated rings. The highest BCUT2D eigenvalue weighted by atomic mass is 16.6. The van der Waals surface area contributed by atoms with Crippen molar-refractivity contribution in [3.63, 3.8) is 0 Å². The van der Waals surface area contributed by atoms with Gasteiger partial charge in [-0.05, 0) is 17.4 Å². The van der Waals surface area contributed by atoms with Crippen LogP contribution in [0.25, 0.3) is 0 Å². The van der Waals surface area contributed by atoms with Gasteiger partial charge < -0.3 is 0 Å². The summed E-state index contributed by atoms with van der Waals surface area (Å²) in [4.78, 5) is 17.5. The van der Waals surface area contributed by atoms with Crippen LogP contribution in [0.2, 0.25) is 0 Å². The molecule has 0 spiro atoms. The molecule has 0 radical (unpaired) electrons. The summed E-state index contributed by atoms with van der Waals surface area (Å²) in [5.41, 5.74) is 3.63. The molecule has 1 aromatic carbocycles. The van der Waals surface area contributed by atoms with Crippen molar-refractivity contribution >= 4 is 5.91 Å². The van der Waals surface area contributed by atoms with Gasteiger partial charge in [0.05, 0.1) is 12.5 Å². The van der Waals surface area contributed by atoms with E-state index >= 15 is 0 Å². The second-order valence-corrected chi connectivity index (χ2v) is 5.45. The molecular formula is C16H25NO2. The minimum Gasteiger partial charge on any atom is -0.273 e. The second-order valence-electron chi connectivity index (χ2n) is 5.45. The smallest absolute Gasteiger partial charge is 0.251 e. The van der Waals surface area contributed by atoms with Crippen molar-refractivity contribution in [1.29, 1.82) is 0 Å². The van der Waals surface area contributed by atoms with Gasteiger partial charge in [0.2, 0.25) is 0 Å². The summed E-state index contributed by atoms with van der Waals surface area (Å²) in [6.45, 7) is 8.83. The van der Waals surface area contributed by atoms with Crippen LogP contribution in [0.15, 0.2) is 30.3 Å². The molecule has 3 nitrogen and oxygen atoms in total. The predicted molar refractivity (Wildman–Crippen MR) is 77.6 cm³/mol. The van der Waals surface area contributed by atoms with Crippen molar-refractivity contribution < 1.29 is 9.63 Å². The zero-order valence-corrected chi connectivity index (χ0v) is 12.3. The van der Waals surface area contributed by atoms with Crippen LogP contribution in [0.3, 0.4) is 0 Å². The summed E-state index contributed by atoms with van der Waals surface area (Å²) in [6, 6.07) is 9.89. The lowest BCUT2D eigenvalue weighted by molar-refractivity contribution is -0.137. The molecule has 106 valence electrons. The summed E-state index contributed by atoms with van der Waals surface area (Å²) in [5, 5.41) is 0. The van der Waals surface area contributed by atoms with Gasteiger partial charge in [-0.25, -0.2) is 5.48 Å². The van der Waals surface area contributed by atoms with E-state index in [1.807, 2.05) is 30.3 Å². The van der Waals surface area contributed by atoms with Crippen molar-refractivity contribution in [2.45, 2.75) is 40.0 Å². The number of hydrogen-bond acceptors (Lipinski definition) is 2.